The van der Waals surface area contributed by atoms with Gasteiger partial charge in [0.05, 0.1) is 5.92 Å². The van der Waals surface area contributed by atoms with Crippen molar-refractivity contribution in [3.63, 3.8) is 0 Å². The molecule has 2 atom stereocenters. The quantitative estimate of drug-likeness (QED) is 0.831. The van der Waals surface area contributed by atoms with Gasteiger partial charge in [0.1, 0.15) is 0 Å². The second-order valence-corrected chi connectivity index (χ2v) is 5.99. The predicted molar refractivity (Wildman–Crippen MR) is 74.3 cm³/mol. The van der Waals surface area contributed by atoms with Crippen LogP contribution in [0.25, 0.3) is 0 Å². The minimum atomic E-state index is -0.0544. The standard InChI is InChI=1S/C13H26N2O.ClH/c1-10(11(2)14)12(16)15-8-5-6-13(3,4)7-9-15;/h10-11H,5-9,14H2,1-4H3;1H. The van der Waals surface area contributed by atoms with Crippen LogP contribution in [-0.2, 0) is 4.79 Å². The normalized spacial score (nSPS) is 23.2. The van der Waals surface area contributed by atoms with Crippen LogP contribution in [-0.4, -0.2) is 29.9 Å². The summed E-state index contributed by atoms with van der Waals surface area (Å²) in [4.78, 5) is 14.2. The molecule has 4 heteroatoms. The second kappa shape index (κ2) is 6.60. The highest BCUT2D eigenvalue weighted by Crippen LogP contribution is 2.30. The van der Waals surface area contributed by atoms with Gasteiger partial charge in [0, 0.05) is 19.1 Å². The number of hydrogen-bond donors (Lipinski definition) is 1. The minimum absolute atomic E-state index is 0. The van der Waals surface area contributed by atoms with Crippen molar-refractivity contribution in [1.82, 2.24) is 4.90 Å². The van der Waals surface area contributed by atoms with Crippen LogP contribution in [0, 0.1) is 11.3 Å². The Labute approximate surface area is 112 Å². The monoisotopic (exact) mass is 262 g/mol. The van der Waals surface area contributed by atoms with Crippen LogP contribution in [0.3, 0.4) is 0 Å². The van der Waals surface area contributed by atoms with E-state index < -0.39 is 0 Å². The number of likely N-dealkylation sites (tertiary alicyclic amines) is 1. The van der Waals surface area contributed by atoms with Crippen molar-refractivity contribution in [3.8, 4) is 0 Å². The Morgan fingerprint density at radius 1 is 1.24 bits per heavy atom. The van der Waals surface area contributed by atoms with E-state index >= 15 is 0 Å². The Morgan fingerprint density at radius 2 is 1.82 bits per heavy atom. The number of amides is 1. The molecule has 1 aliphatic heterocycles. The van der Waals surface area contributed by atoms with Crippen molar-refractivity contribution >= 4 is 18.3 Å². The average Bonchev–Trinajstić information content (AvgIpc) is 2.37. The molecule has 0 aromatic rings. The van der Waals surface area contributed by atoms with Gasteiger partial charge in [-0.1, -0.05) is 20.8 Å². The maximum absolute atomic E-state index is 12.1. The molecule has 2 N–H and O–H groups in total. The molecule has 0 aliphatic carbocycles. The summed E-state index contributed by atoms with van der Waals surface area (Å²) in [6.07, 6.45) is 3.43. The van der Waals surface area contributed by atoms with Crippen LogP contribution in [0.5, 0.6) is 0 Å². The van der Waals surface area contributed by atoms with Crippen LogP contribution in [0.2, 0.25) is 0 Å². The molecule has 1 aliphatic rings. The highest BCUT2D eigenvalue weighted by atomic mass is 35.5. The average molecular weight is 263 g/mol. The van der Waals surface area contributed by atoms with Crippen molar-refractivity contribution in [2.45, 2.75) is 53.0 Å². The molecule has 0 saturated carbocycles. The zero-order chi connectivity index (χ0) is 12.3. The van der Waals surface area contributed by atoms with Gasteiger partial charge in [0.15, 0.2) is 0 Å². The molecular formula is C13H27ClN2O. The first kappa shape index (κ1) is 16.7. The first-order valence-corrected chi connectivity index (χ1v) is 6.38. The van der Waals surface area contributed by atoms with Crippen LogP contribution in [0.15, 0.2) is 0 Å². The first-order valence-electron chi connectivity index (χ1n) is 6.38. The number of halogens is 1. The Morgan fingerprint density at radius 3 is 2.35 bits per heavy atom. The summed E-state index contributed by atoms with van der Waals surface area (Å²) in [6, 6.07) is -0.0521. The van der Waals surface area contributed by atoms with Gasteiger partial charge in [-0.05, 0) is 31.6 Å². The predicted octanol–water partition coefficient (Wildman–Crippen LogP) is 2.43. The lowest BCUT2D eigenvalue weighted by Gasteiger charge is -2.27. The van der Waals surface area contributed by atoms with Gasteiger partial charge in [0.25, 0.3) is 0 Å². The van der Waals surface area contributed by atoms with E-state index in [1.807, 2.05) is 18.7 Å². The molecule has 17 heavy (non-hydrogen) atoms. The zero-order valence-corrected chi connectivity index (χ0v) is 12.3. The van der Waals surface area contributed by atoms with Crippen LogP contribution in [0.1, 0.15) is 47.0 Å². The van der Waals surface area contributed by atoms with Gasteiger partial charge in [-0.3, -0.25) is 4.79 Å². The van der Waals surface area contributed by atoms with Crippen LogP contribution >= 0.6 is 12.4 Å². The molecule has 1 saturated heterocycles. The number of carbonyl (C=O) groups is 1. The van der Waals surface area contributed by atoms with E-state index in [-0.39, 0.29) is 30.3 Å². The number of carbonyl (C=O) groups excluding carboxylic acids is 1. The third-order valence-electron chi connectivity index (χ3n) is 3.83. The maximum atomic E-state index is 12.1. The minimum Gasteiger partial charge on any atom is -0.342 e. The SMILES string of the molecule is CC(N)C(C)C(=O)N1CCCC(C)(C)CC1.Cl. The molecule has 2 unspecified atom stereocenters. The van der Waals surface area contributed by atoms with E-state index in [0.29, 0.717) is 5.41 Å². The summed E-state index contributed by atoms with van der Waals surface area (Å²) in [7, 11) is 0. The second-order valence-electron chi connectivity index (χ2n) is 5.99. The molecule has 0 aromatic carbocycles. The summed E-state index contributed by atoms with van der Waals surface area (Å²) in [5, 5.41) is 0. The molecule has 3 nitrogen and oxygen atoms in total. The molecule has 0 bridgehead atoms. The van der Waals surface area contributed by atoms with Gasteiger partial charge < -0.3 is 10.6 Å². The molecule has 0 radical (unpaired) electrons. The lowest BCUT2D eigenvalue weighted by Crippen LogP contribution is -2.42. The fraction of sp³-hybridized carbons (Fsp3) is 0.923. The lowest BCUT2D eigenvalue weighted by atomic mass is 9.85. The Bertz CT molecular complexity index is 254. The lowest BCUT2D eigenvalue weighted by molar-refractivity contribution is -0.135. The number of nitrogens with two attached hydrogens (primary N) is 1. The van der Waals surface area contributed by atoms with E-state index in [4.69, 9.17) is 5.73 Å². The molecule has 1 amide bonds. The van der Waals surface area contributed by atoms with Crippen molar-refractivity contribution < 1.29 is 4.79 Å². The Balaban J connectivity index is 0.00000256. The molecular weight excluding hydrogens is 236 g/mol. The van der Waals surface area contributed by atoms with Gasteiger partial charge in [-0.15, -0.1) is 12.4 Å². The molecule has 1 rings (SSSR count). The number of rotatable bonds is 2. The molecule has 0 aromatic heterocycles. The Hall–Kier alpha value is -0.280. The summed E-state index contributed by atoms with van der Waals surface area (Å²) in [6.45, 7) is 10.2. The van der Waals surface area contributed by atoms with Crippen LogP contribution < -0.4 is 5.73 Å². The van der Waals surface area contributed by atoms with E-state index in [1.165, 1.54) is 6.42 Å². The fourth-order valence-corrected chi connectivity index (χ4v) is 2.16. The van der Waals surface area contributed by atoms with Crippen molar-refractivity contribution in [1.29, 1.82) is 0 Å². The van der Waals surface area contributed by atoms with Gasteiger partial charge in [0.2, 0.25) is 5.91 Å². The van der Waals surface area contributed by atoms with Gasteiger partial charge >= 0.3 is 0 Å². The summed E-state index contributed by atoms with van der Waals surface area (Å²) < 4.78 is 0. The Kier molecular flexibility index (Phi) is 6.49. The summed E-state index contributed by atoms with van der Waals surface area (Å²) >= 11 is 0. The fourth-order valence-electron chi connectivity index (χ4n) is 2.16. The van der Waals surface area contributed by atoms with Crippen molar-refractivity contribution in [2.75, 3.05) is 13.1 Å². The van der Waals surface area contributed by atoms with E-state index in [1.54, 1.807) is 0 Å². The third kappa shape index (κ3) is 4.84. The largest absolute Gasteiger partial charge is 0.342 e. The van der Waals surface area contributed by atoms with Gasteiger partial charge in [-0.25, -0.2) is 0 Å². The molecule has 0 spiro atoms. The maximum Gasteiger partial charge on any atom is 0.226 e. The van der Waals surface area contributed by atoms with Crippen molar-refractivity contribution in [2.24, 2.45) is 17.1 Å². The first-order chi connectivity index (χ1) is 7.33. The summed E-state index contributed by atoms with van der Waals surface area (Å²) in [5.74, 6) is 0.175. The molecule has 102 valence electrons. The van der Waals surface area contributed by atoms with Gasteiger partial charge in [-0.2, -0.15) is 0 Å². The summed E-state index contributed by atoms with van der Waals surface area (Å²) in [5.41, 5.74) is 6.17. The molecule has 1 fully saturated rings. The smallest absolute Gasteiger partial charge is 0.226 e. The zero-order valence-electron chi connectivity index (χ0n) is 11.5. The molecule has 1 heterocycles. The topological polar surface area (TPSA) is 46.3 Å². The number of hydrogen-bond acceptors (Lipinski definition) is 2. The number of nitrogens with zero attached hydrogens (tertiary/aromatic N) is 1. The highest BCUT2D eigenvalue weighted by Gasteiger charge is 2.28. The van der Waals surface area contributed by atoms with E-state index in [2.05, 4.69) is 13.8 Å². The van der Waals surface area contributed by atoms with E-state index in [0.717, 1.165) is 25.9 Å². The van der Waals surface area contributed by atoms with Crippen LogP contribution in [0.4, 0.5) is 0 Å². The third-order valence-corrected chi connectivity index (χ3v) is 3.83. The van der Waals surface area contributed by atoms with E-state index in [9.17, 15) is 4.79 Å². The van der Waals surface area contributed by atoms with Crippen molar-refractivity contribution in [3.05, 3.63) is 0 Å². The highest BCUT2D eigenvalue weighted by molar-refractivity contribution is 5.85.